The smallest absolute Gasteiger partial charge is 0.236 e. The van der Waals surface area contributed by atoms with Crippen molar-refractivity contribution < 1.29 is 9.18 Å². The molecular formula is C27H22FN5OS2. The molecule has 0 aliphatic heterocycles. The number of nitrogens with zero attached hydrogens (tertiary/aromatic N) is 4. The maximum atomic E-state index is 13.1. The Labute approximate surface area is 216 Å². The zero-order chi connectivity index (χ0) is 24.7. The minimum Gasteiger partial charge on any atom is -0.301 e. The summed E-state index contributed by atoms with van der Waals surface area (Å²) < 4.78 is 15.1. The average Bonchev–Trinajstić information content (AvgIpc) is 3.51. The van der Waals surface area contributed by atoms with Crippen LogP contribution in [0.4, 0.5) is 9.52 Å². The second-order valence-corrected chi connectivity index (χ2v) is 10.1. The highest BCUT2D eigenvalue weighted by molar-refractivity contribution is 7.99. The molecule has 0 saturated carbocycles. The van der Waals surface area contributed by atoms with E-state index in [0.717, 1.165) is 27.5 Å². The molecule has 1 N–H and O–H groups in total. The maximum Gasteiger partial charge on any atom is 0.236 e. The van der Waals surface area contributed by atoms with Gasteiger partial charge >= 0.3 is 0 Å². The van der Waals surface area contributed by atoms with Crippen LogP contribution in [0.2, 0.25) is 0 Å². The van der Waals surface area contributed by atoms with Crippen LogP contribution in [0, 0.1) is 5.82 Å². The first kappa shape index (κ1) is 23.9. The third-order valence-corrected chi connectivity index (χ3v) is 7.19. The van der Waals surface area contributed by atoms with Crippen LogP contribution >= 0.6 is 23.1 Å². The van der Waals surface area contributed by atoms with E-state index in [2.05, 4.69) is 32.6 Å². The fourth-order valence-corrected chi connectivity index (χ4v) is 5.29. The first-order valence-electron chi connectivity index (χ1n) is 11.3. The Morgan fingerprint density at radius 3 is 2.33 bits per heavy atom. The average molecular weight is 516 g/mol. The molecular weight excluding hydrogens is 493 g/mol. The number of aromatic nitrogens is 4. The van der Waals surface area contributed by atoms with E-state index in [-0.39, 0.29) is 17.5 Å². The molecule has 0 fully saturated rings. The van der Waals surface area contributed by atoms with Crippen molar-refractivity contribution in [2.24, 2.45) is 0 Å². The number of hydrogen-bond acceptors (Lipinski definition) is 6. The number of rotatable bonds is 9. The van der Waals surface area contributed by atoms with Gasteiger partial charge in [-0.15, -0.1) is 21.5 Å². The van der Waals surface area contributed by atoms with Gasteiger partial charge in [0.15, 0.2) is 10.3 Å². The lowest BCUT2D eigenvalue weighted by Gasteiger charge is -2.10. The second kappa shape index (κ2) is 11.3. The molecule has 0 unspecified atom stereocenters. The van der Waals surface area contributed by atoms with Crippen LogP contribution in [0.3, 0.4) is 0 Å². The molecule has 6 nitrogen and oxygen atoms in total. The van der Waals surface area contributed by atoms with Crippen molar-refractivity contribution in [3.63, 3.8) is 0 Å². The van der Waals surface area contributed by atoms with E-state index in [4.69, 9.17) is 0 Å². The van der Waals surface area contributed by atoms with Crippen LogP contribution in [0.15, 0.2) is 96.3 Å². The number of para-hydroxylation sites is 1. The molecule has 0 aliphatic carbocycles. The minimum atomic E-state index is -0.260. The fraction of sp³-hybridized carbons (Fsp3) is 0.111. The summed E-state index contributed by atoms with van der Waals surface area (Å²) in [6.07, 6.45) is 3.00. The van der Waals surface area contributed by atoms with Gasteiger partial charge in [0.1, 0.15) is 11.6 Å². The standard InChI is InChI=1S/C27H22FN5OS2/c28-21-13-11-20(12-14-21)15-23-17-29-26(36-23)30-25(34)18-35-27-32-31-24(16-19-7-3-1-4-8-19)33(27)22-9-5-2-6-10-22/h1-14,17H,15-16,18H2,(H,29,30,34). The van der Waals surface area contributed by atoms with Crippen molar-refractivity contribution >= 4 is 34.1 Å². The number of hydrogen-bond donors (Lipinski definition) is 1. The summed E-state index contributed by atoms with van der Waals surface area (Å²) in [5, 5.41) is 12.9. The normalized spacial score (nSPS) is 10.9. The Morgan fingerprint density at radius 2 is 1.58 bits per heavy atom. The molecule has 0 saturated heterocycles. The Bertz CT molecular complexity index is 1440. The van der Waals surface area contributed by atoms with E-state index >= 15 is 0 Å². The van der Waals surface area contributed by atoms with Gasteiger partial charge in [0.05, 0.1) is 5.75 Å². The third kappa shape index (κ3) is 6.05. The van der Waals surface area contributed by atoms with E-state index in [0.29, 0.717) is 23.1 Å². The number of halogens is 1. The highest BCUT2D eigenvalue weighted by Gasteiger charge is 2.17. The summed E-state index contributed by atoms with van der Waals surface area (Å²) in [6, 6.07) is 26.4. The topological polar surface area (TPSA) is 72.7 Å². The molecule has 0 spiro atoms. The number of carbonyl (C=O) groups is 1. The fourth-order valence-electron chi connectivity index (χ4n) is 3.66. The van der Waals surface area contributed by atoms with Crippen LogP contribution in [-0.2, 0) is 17.6 Å². The first-order valence-corrected chi connectivity index (χ1v) is 13.1. The van der Waals surface area contributed by atoms with Crippen molar-refractivity contribution in [3.8, 4) is 5.69 Å². The maximum absolute atomic E-state index is 13.1. The third-order valence-electron chi connectivity index (χ3n) is 5.34. The van der Waals surface area contributed by atoms with Crippen LogP contribution in [0.1, 0.15) is 21.8 Å². The number of carbonyl (C=O) groups excluding carboxylic acids is 1. The molecule has 2 aromatic heterocycles. The van der Waals surface area contributed by atoms with E-state index in [1.807, 2.05) is 53.1 Å². The van der Waals surface area contributed by atoms with E-state index < -0.39 is 0 Å². The van der Waals surface area contributed by atoms with Crippen molar-refractivity contribution in [1.29, 1.82) is 0 Å². The van der Waals surface area contributed by atoms with Gasteiger partial charge in [-0.2, -0.15) is 0 Å². The number of amides is 1. The Kier molecular flexibility index (Phi) is 7.49. The summed E-state index contributed by atoms with van der Waals surface area (Å²) in [7, 11) is 0. The Balaban J connectivity index is 1.25. The molecule has 1 amide bonds. The van der Waals surface area contributed by atoms with Crippen molar-refractivity contribution in [2.75, 3.05) is 11.1 Å². The molecule has 0 atom stereocenters. The van der Waals surface area contributed by atoms with Crippen LogP contribution in [-0.4, -0.2) is 31.4 Å². The van der Waals surface area contributed by atoms with E-state index in [9.17, 15) is 9.18 Å². The summed E-state index contributed by atoms with van der Waals surface area (Å²) in [5.74, 6) is 0.544. The molecule has 180 valence electrons. The van der Waals surface area contributed by atoms with Gasteiger partial charge < -0.3 is 5.32 Å². The molecule has 9 heteroatoms. The van der Waals surface area contributed by atoms with Gasteiger partial charge in [0.2, 0.25) is 5.91 Å². The predicted molar refractivity (Wildman–Crippen MR) is 141 cm³/mol. The highest BCUT2D eigenvalue weighted by Crippen LogP contribution is 2.25. The summed E-state index contributed by atoms with van der Waals surface area (Å²) >= 11 is 2.74. The van der Waals surface area contributed by atoms with Crippen molar-refractivity contribution in [3.05, 3.63) is 119 Å². The molecule has 5 aromatic rings. The molecule has 0 radical (unpaired) electrons. The molecule has 36 heavy (non-hydrogen) atoms. The molecule has 2 heterocycles. The van der Waals surface area contributed by atoms with Crippen LogP contribution in [0.25, 0.3) is 5.69 Å². The summed E-state index contributed by atoms with van der Waals surface area (Å²) in [4.78, 5) is 18.0. The van der Waals surface area contributed by atoms with Gasteiger partial charge in [-0.05, 0) is 35.4 Å². The summed E-state index contributed by atoms with van der Waals surface area (Å²) in [6.45, 7) is 0. The number of nitrogens with one attached hydrogen (secondary N) is 1. The Morgan fingerprint density at radius 1 is 0.889 bits per heavy atom. The van der Waals surface area contributed by atoms with Gasteiger partial charge in [0, 0.05) is 29.6 Å². The molecule has 0 aliphatic rings. The lowest BCUT2D eigenvalue weighted by Crippen LogP contribution is -2.14. The monoisotopic (exact) mass is 515 g/mol. The summed E-state index contributed by atoms with van der Waals surface area (Å²) in [5.41, 5.74) is 3.07. The minimum absolute atomic E-state index is 0.170. The van der Waals surface area contributed by atoms with E-state index in [1.165, 1.54) is 35.2 Å². The van der Waals surface area contributed by atoms with E-state index in [1.54, 1.807) is 18.3 Å². The molecule has 0 bridgehead atoms. The van der Waals surface area contributed by atoms with Gasteiger partial charge in [-0.3, -0.25) is 9.36 Å². The number of thiazole rings is 1. The molecule has 3 aromatic carbocycles. The van der Waals surface area contributed by atoms with Crippen molar-refractivity contribution in [1.82, 2.24) is 19.7 Å². The highest BCUT2D eigenvalue weighted by atomic mass is 32.2. The first-order chi connectivity index (χ1) is 17.6. The van der Waals surface area contributed by atoms with Gasteiger partial charge in [0.25, 0.3) is 0 Å². The Hall–Kier alpha value is -3.82. The van der Waals surface area contributed by atoms with Gasteiger partial charge in [-0.1, -0.05) is 72.4 Å². The second-order valence-electron chi connectivity index (χ2n) is 8.00. The van der Waals surface area contributed by atoms with Crippen LogP contribution in [0.5, 0.6) is 0 Å². The number of thioether (sulfide) groups is 1. The van der Waals surface area contributed by atoms with Crippen LogP contribution < -0.4 is 5.32 Å². The molecule has 5 rings (SSSR count). The number of benzene rings is 3. The largest absolute Gasteiger partial charge is 0.301 e. The quantitative estimate of drug-likeness (QED) is 0.252. The zero-order valence-corrected chi connectivity index (χ0v) is 20.8. The lowest BCUT2D eigenvalue weighted by molar-refractivity contribution is -0.113. The zero-order valence-electron chi connectivity index (χ0n) is 19.2. The van der Waals surface area contributed by atoms with Crippen molar-refractivity contribution in [2.45, 2.75) is 18.0 Å². The predicted octanol–water partition coefficient (Wildman–Crippen LogP) is 5.78. The lowest BCUT2D eigenvalue weighted by atomic mass is 10.1. The van der Waals surface area contributed by atoms with Gasteiger partial charge in [-0.25, -0.2) is 9.37 Å². The SMILES string of the molecule is O=C(CSc1nnc(Cc2ccccc2)n1-c1ccccc1)Nc1ncc(Cc2ccc(F)cc2)s1. The number of anilines is 1.